The van der Waals surface area contributed by atoms with Gasteiger partial charge in [0.1, 0.15) is 11.6 Å². The monoisotopic (exact) mass is 307 g/mol. The van der Waals surface area contributed by atoms with Crippen molar-refractivity contribution in [3.05, 3.63) is 35.4 Å². The van der Waals surface area contributed by atoms with E-state index in [4.69, 9.17) is 0 Å². The van der Waals surface area contributed by atoms with Gasteiger partial charge in [0.25, 0.3) is 0 Å². The van der Waals surface area contributed by atoms with Gasteiger partial charge in [0, 0.05) is 25.2 Å². The number of nitrogens with one attached hydrogen (secondary N) is 2. The molecule has 0 aromatic heterocycles. The highest BCUT2D eigenvalue weighted by Crippen LogP contribution is 2.60. The normalized spacial score (nSPS) is 21.4. The number of halogens is 2. The number of aliphatic imine (C=N–C) groups is 1. The molecule has 22 heavy (non-hydrogen) atoms. The summed E-state index contributed by atoms with van der Waals surface area (Å²) in [5.74, 6) is 0.455. The summed E-state index contributed by atoms with van der Waals surface area (Å²) in [5, 5.41) is 6.55. The first-order valence-corrected chi connectivity index (χ1v) is 7.96. The third kappa shape index (κ3) is 3.23. The van der Waals surface area contributed by atoms with Crippen molar-refractivity contribution in [1.29, 1.82) is 0 Å². The average molecular weight is 307 g/mol. The van der Waals surface area contributed by atoms with Gasteiger partial charge in [-0.05, 0) is 50.0 Å². The molecule has 0 aliphatic heterocycles. The molecule has 2 aliphatic rings. The molecular formula is C17H23F2N3. The van der Waals surface area contributed by atoms with Gasteiger partial charge in [0.15, 0.2) is 5.96 Å². The largest absolute Gasteiger partial charge is 0.356 e. The van der Waals surface area contributed by atoms with Gasteiger partial charge in [-0.3, -0.25) is 4.99 Å². The molecule has 1 aromatic carbocycles. The summed E-state index contributed by atoms with van der Waals surface area (Å²) >= 11 is 0. The zero-order chi connectivity index (χ0) is 15.7. The van der Waals surface area contributed by atoms with E-state index in [2.05, 4.69) is 15.6 Å². The average Bonchev–Trinajstić information content (AvgIpc) is 3.36. The van der Waals surface area contributed by atoms with Crippen molar-refractivity contribution >= 4 is 5.96 Å². The zero-order valence-electron chi connectivity index (χ0n) is 13.1. The van der Waals surface area contributed by atoms with Crippen LogP contribution in [0.3, 0.4) is 0 Å². The Morgan fingerprint density at radius 3 is 2.64 bits per heavy atom. The summed E-state index contributed by atoms with van der Waals surface area (Å²) < 4.78 is 26.8. The van der Waals surface area contributed by atoms with Crippen LogP contribution in [0.5, 0.6) is 0 Å². The highest BCUT2D eigenvalue weighted by atomic mass is 19.1. The number of guanidine groups is 1. The molecule has 2 aliphatic carbocycles. The molecule has 1 atom stereocenters. The van der Waals surface area contributed by atoms with Crippen LogP contribution < -0.4 is 10.6 Å². The van der Waals surface area contributed by atoms with E-state index in [9.17, 15) is 8.78 Å². The molecule has 0 saturated heterocycles. The second-order valence-corrected chi connectivity index (χ2v) is 6.59. The lowest BCUT2D eigenvalue weighted by Crippen LogP contribution is -2.41. The summed E-state index contributed by atoms with van der Waals surface area (Å²) in [7, 11) is 1.71. The van der Waals surface area contributed by atoms with E-state index in [1.807, 2.05) is 6.92 Å². The molecule has 0 amide bonds. The Hall–Kier alpha value is -1.65. The van der Waals surface area contributed by atoms with Gasteiger partial charge in [0.2, 0.25) is 0 Å². The third-order valence-electron chi connectivity index (χ3n) is 4.95. The topological polar surface area (TPSA) is 36.4 Å². The first-order valence-electron chi connectivity index (χ1n) is 7.96. The predicted molar refractivity (Wildman–Crippen MR) is 83.7 cm³/mol. The summed E-state index contributed by atoms with van der Waals surface area (Å²) in [6.45, 7) is 2.77. The quantitative estimate of drug-likeness (QED) is 0.646. The second-order valence-electron chi connectivity index (χ2n) is 6.59. The van der Waals surface area contributed by atoms with Crippen LogP contribution in [0, 0.1) is 23.0 Å². The van der Waals surface area contributed by atoms with Crippen LogP contribution in [0.25, 0.3) is 0 Å². The molecule has 5 heteroatoms. The molecular weight excluding hydrogens is 284 g/mol. The van der Waals surface area contributed by atoms with Crippen molar-refractivity contribution in [1.82, 2.24) is 10.6 Å². The van der Waals surface area contributed by atoms with Gasteiger partial charge in [-0.25, -0.2) is 8.78 Å². The number of nitrogens with zero attached hydrogens (tertiary/aromatic N) is 1. The van der Waals surface area contributed by atoms with Crippen LogP contribution in [0.1, 0.15) is 44.2 Å². The van der Waals surface area contributed by atoms with E-state index in [1.165, 1.54) is 37.8 Å². The van der Waals surface area contributed by atoms with Gasteiger partial charge < -0.3 is 10.6 Å². The molecule has 2 saturated carbocycles. The first kappa shape index (κ1) is 15.3. The maximum Gasteiger partial charge on any atom is 0.191 e. The van der Waals surface area contributed by atoms with E-state index < -0.39 is 11.6 Å². The Morgan fingerprint density at radius 1 is 1.36 bits per heavy atom. The maximum atomic E-state index is 13.8. The van der Waals surface area contributed by atoms with Crippen molar-refractivity contribution in [2.75, 3.05) is 13.6 Å². The fourth-order valence-electron chi connectivity index (χ4n) is 3.18. The van der Waals surface area contributed by atoms with Crippen molar-refractivity contribution in [2.45, 2.75) is 38.6 Å². The van der Waals surface area contributed by atoms with E-state index in [0.29, 0.717) is 16.9 Å². The first-order chi connectivity index (χ1) is 10.5. The molecule has 2 fully saturated rings. The molecule has 120 valence electrons. The predicted octanol–water partition coefficient (Wildman–Crippen LogP) is 3.38. The molecule has 0 heterocycles. The standard InChI is InChI=1S/C17H23F2N3/c1-11(14-6-5-13(18)9-15(14)19)22-16(20-2)21-10-17(7-8-17)12-3-4-12/h5-6,9,11-12H,3-4,7-8,10H2,1-2H3,(H2,20,21,22). The molecule has 2 N–H and O–H groups in total. The Morgan fingerprint density at radius 2 is 2.09 bits per heavy atom. The highest BCUT2D eigenvalue weighted by Gasteiger charge is 2.53. The Balaban J connectivity index is 1.57. The number of benzene rings is 1. The molecule has 0 bridgehead atoms. The Bertz CT molecular complexity index is 577. The number of rotatable bonds is 5. The van der Waals surface area contributed by atoms with Crippen LogP contribution in [-0.2, 0) is 0 Å². The minimum absolute atomic E-state index is 0.275. The Labute approximate surface area is 130 Å². The molecule has 0 spiro atoms. The summed E-state index contributed by atoms with van der Waals surface area (Å²) in [5.41, 5.74) is 0.912. The van der Waals surface area contributed by atoms with Gasteiger partial charge in [-0.15, -0.1) is 0 Å². The third-order valence-corrected chi connectivity index (χ3v) is 4.95. The fraction of sp³-hybridized carbons (Fsp3) is 0.588. The summed E-state index contributed by atoms with van der Waals surface area (Å²) in [6.07, 6.45) is 5.30. The zero-order valence-corrected chi connectivity index (χ0v) is 13.1. The van der Waals surface area contributed by atoms with Crippen LogP contribution >= 0.6 is 0 Å². The van der Waals surface area contributed by atoms with Crippen LogP contribution in [0.15, 0.2) is 23.2 Å². The molecule has 3 nitrogen and oxygen atoms in total. The van der Waals surface area contributed by atoms with E-state index in [1.54, 1.807) is 7.05 Å². The van der Waals surface area contributed by atoms with Gasteiger partial charge >= 0.3 is 0 Å². The van der Waals surface area contributed by atoms with Crippen LogP contribution in [0.2, 0.25) is 0 Å². The fourth-order valence-corrected chi connectivity index (χ4v) is 3.18. The molecule has 3 rings (SSSR count). The highest BCUT2D eigenvalue weighted by molar-refractivity contribution is 5.80. The molecule has 0 radical (unpaired) electrons. The summed E-state index contributed by atoms with van der Waals surface area (Å²) in [6, 6.07) is 3.39. The van der Waals surface area contributed by atoms with Crippen LogP contribution in [-0.4, -0.2) is 19.6 Å². The Kier molecular flexibility index (Phi) is 4.06. The maximum absolute atomic E-state index is 13.8. The number of hydrogen-bond acceptors (Lipinski definition) is 1. The van der Waals surface area contributed by atoms with Crippen molar-refractivity contribution in [3.8, 4) is 0 Å². The SMILES string of the molecule is CN=C(NCC1(C2CC2)CC1)NC(C)c1ccc(F)cc1F. The van der Waals surface area contributed by atoms with E-state index in [0.717, 1.165) is 18.5 Å². The lowest BCUT2D eigenvalue weighted by Gasteiger charge is -2.21. The van der Waals surface area contributed by atoms with Gasteiger partial charge in [-0.1, -0.05) is 6.07 Å². The molecule has 1 aromatic rings. The van der Waals surface area contributed by atoms with Crippen molar-refractivity contribution in [2.24, 2.45) is 16.3 Å². The number of hydrogen-bond donors (Lipinski definition) is 2. The van der Waals surface area contributed by atoms with Crippen LogP contribution in [0.4, 0.5) is 8.78 Å². The minimum Gasteiger partial charge on any atom is -0.356 e. The van der Waals surface area contributed by atoms with Gasteiger partial charge in [0.05, 0.1) is 6.04 Å². The van der Waals surface area contributed by atoms with Gasteiger partial charge in [-0.2, -0.15) is 0 Å². The molecule has 1 unspecified atom stereocenters. The summed E-state index contributed by atoms with van der Waals surface area (Å²) in [4.78, 5) is 4.21. The second kappa shape index (κ2) is 5.86. The van der Waals surface area contributed by atoms with E-state index in [-0.39, 0.29) is 6.04 Å². The van der Waals surface area contributed by atoms with E-state index >= 15 is 0 Å². The lowest BCUT2D eigenvalue weighted by atomic mass is 10.0. The smallest absolute Gasteiger partial charge is 0.191 e. The van der Waals surface area contributed by atoms with Crippen molar-refractivity contribution < 1.29 is 8.78 Å². The van der Waals surface area contributed by atoms with Crippen molar-refractivity contribution in [3.63, 3.8) is 0 Å². The lowest BCUT2D eigenvalue weighted by molar-refractivity contribution is 0.430. The minimum atomic E-state index is -0.559.